The number of benzene rings is 2. The summed E-state index contributed by atoms with van der Waals surface area (Å²) < 4.78 is 5.64. The summed E-state index contributed by atoms with van der Waals surface area (Å²) in [4.78, 5) is 12.3. The van der Waals surface area contributed by atoms with E-state index in [2.05, 4.69) is 15.5 Å². The van der Waals surface area contributed by atoms with Crippen molar-refractivity contribution in [3.8, 4) is 11.5 Å². The van der Waals surface area contributed by atoms with Crippen molar-refractivity contribution < 1.29 is 9.21 Å². The van der Waals surface area contributed by atoms with Gasteiger partial charge in [0.25, 0.3) is 5.22 Å². The topological polar surface area (TPSA) is 68.0 Å². The van der Waals surface area contributed by atoms with E-state index in [1.807, 2.05) is 31.2 Å². The lowest BCUT2D eigenvalue weighted by Crippen LogP contribution is -2.22. The number of thioether (sulfide) groups is 1. The van der Waals surface area contributed by atoms with E-state index in [0.717, 1.165) is 11.1 Å². The Bertz CT molecular complexity index is 880. The Kier molecular flexibility index (Phi) is 5.40. The van der Waals surface area contributed by atoms with Crippen LogP contribution in [-0.4, -0.2) is 21.4 Å². The third-order valence-electron chi connectivity index (χ3n) is 3.44. The fourth-order valence-corrected chi connectivity index (χ4v) is 2.96. The minimum atomic E-state index is -0.398. The van der Waals surface area contributed by atoms with Gasteiger partial charge in [0.1, 0.15) is 0 Å². The maximum atomic E-state index is 12.3. The molecule has 128 valence electrons. The van der Waals surface area contributed by atoms with Gasteiger partial charge in [0.05, 0.1) is 5.25 Å². The van der Waals surface area contributed by atoms with Crippen LogP contribution in [0.2, 0.25) is 5.02 Å². The predicted molar refractivity (Wildman–Crippen MR) is 99.9 cm³/mol. The highest BCUT2D eigenvalue weighted by Crippen LogP contribution is 2.27. The number of nitrogens with one attached hydrogen (secondary N) is 1. The largest absolute Gasteiger partial charge is 0.411 e. The van der Waals surface area contributed by atoms with Crippen molar-refractivity contribution in [2.45, 2.75) is 24.3 Å². The molecule has 1 heterocycles. The van der Waals surface area contributed by atoms with Crippen LogP contribution >= 0.6 is 23.4 Å². The molecule has 0 saturated carbocycles. The van der Waals surface area contributed by atoms with Gasteiger partial charge in [-0.15, -0.1) is 10.2 Å². The summed E-state index contributed by atoms with van der Waals surface area (Å²) in [5, 5.41) is 11.4. The number of carbonyl (C=O) groups excluding carboxylic acids is 1. The maximum absolute atomic E-state index is 12.3. The Morgan fingerprint density at radius 1 is 1.20 bits per heavy atom. The summed E-state index contributed by atoms with van der Waals surface area (Å²) in [6, 6.07) is 14.8. The van der Waals surface area contributed by atoms with Crippen LogP contribution in [0.3, 0.4) is 0 Å². The summed E-state index contributed by atoms with van der Waals surface area (Å²) in [5.41, 5.74) is 2.65. The molecule has 1 aromatic heterocycles. The molecule has 0 fully saturated rings. The first-order chi connectivity index (χ1) is 12.0. The lowest BCUT2D eigenvalue weighted by Gasteiger charge is -2.09. The molecule has 0 aliphatic carbocycles. The number of amides is 1. The van der Waals surface area contributed by atoms with Crippen LogP contribution in [0.5, 0.6) is 0 Å². The van der Waals surface area contributed by atoms with Gasteiger partial charge in [-0.2, -0.15) is 0 Å². The van der Waals surface area contributed by atoms with Crippen LogP contribution in [0.15, 0.2) is 58.2 Å². The minimum absolute atomic E-state index is 0.164. The monoisotopic (exact) mass is 373 g/mol. The van der Waals surface area contributed by atoms with Crippen LogP contribution in [0.25, 0.3) is 11.5 Å². The highest BCUT2D eigenvalue weighted by molar-refractivity contribution is 8.00. The first-order valence-electron chi connectivity index (χ1n) is 7.65. The average Bonchev–Trinajstić information content (AvgIpc) is 3.04. The molecule has 0 aliphatic heterocycles. The number of carbonyl (C=O) groups is 1. The summed E-state index contributed by atoms with van der Waals surface area (Å²) in [6.07, 6.45) is 0. The van der Waals surface area contributed by atoms with Crippen molar-refractivity contribution >= 4 is 35.0 Å². The lowest BCUT2D eigenvalue weighted by molar-refractivity contribution is -0.115. The molecular weight excluding hydrogens is 358 g/mol. The fraction of sp³-hybridized carbons (Fsp3) is 0.167. The van der Waals surface area contributed by atoms with E-state index in [1.54, 1.807) is 31.2 Å². The van der Waals surface area contributed by atoms with Crippen LogP contribution in [0, 0.1) is 6.92 Å². The average molecular weight is 374 g/mol. The van der Waals surface area contributed by atoms with Crippen molar-refractivity contribution in [1.82, 2.24) is 10.2 Å². The molecule has 0 spiro atoms. The third-order valence-corrected chi connectivity index (χ3v) is 4.61. The number of anilines is 1. The van der Waals surface area contributed by atoms with Crippen molar-refractivity contribution in [3.05, 3.63) is 59.1 Å². The van der Waals surface area contributed by atoms with E-state index >= 15 is 0 Å². The second kappa shape index (κ2) is 7.72. The highest BCUT2D eigenvalue weighted by Gasteiger charge is 2.19. The molecule has 0 saturated heterocycles. The van der Waals surface area contributed by atoms with Crippen LogP contribution in [0.1, 0.15) is 12.5 Å². The van der Waals surface area contributed by atoms with E-state index < -0.39 is 5.25 Å². The van der Waals surface area contributed by atoms with E-state index in [0.29, 0.717) is 21.8 Å². The highest BCUT2D eigenvalue weighted by atomic mass is 35.5. The second-order valence-electron chi connectivity index (χ2n) is 5.50. The van der Waals surface area contributed by atoms with Gasteiger partial charge in [-0.3, -0.25) is 4.79 Å². The number of rotatable bonds is 5. The molecule has 0 bridgehead atoms. The Morgan fingerprint density at radius 2 is 1.96 bits per heavy atom. The van der Waals surface area contributed by atoms with Crippen LogP contribution in [-0.2, 0) is 4.79 Å². The molecule has 2 aromatic carbocycles. The lowest BCUT2D eigenvalue weighted by atomic mass is 10.1. The molecule has 0 aliphatic rings. The Morgan fingerprint density at radius 3 is 2.68 bits per heavy atom. The molecular formula is C18H16ClN3O2S. The van der Waals surface area contributed by atoms with Gasteiger partial charge in [-0.25, -0.2) is 0 Å². The number of halogens is 1. The molecule has 0 radical (unpaired) electrons. The normalized spacial score (nSPS) is 12.0. The molecule has 25 heavy (non-hydrogen) atoms. The quantitative estimate of drug-likeness (QED) is 0.649. The van der Waals surface area contributed by atoms with Gasteiger partial charge in [0, 0.05) is 16.3 Å². The molecule has 1 atom stereocenters. The Labute approximate surface area is 154 Å². The molecule has 1 N–H and O–H groups in total. The minimum Gasteiger partial charge on any atom is -0.411 e. The van der Waals surface area contributed by atoms with Crippen molar-refractivity contribution in [2.75, 3.05) is 5.32 Å². The summed E-state index contributed by atoms with van der Waals surface area (Å²) in [5.74, 6) is 0.271. The van der Waals surface area contributed by atoms with Gasteiger partial charge >= 0.3 is 0 Å². The van der Waals surface area contributed by atoms with E-state index in [1.165, 1.54) is 11.8 Å². The molecule has 1 unspecified atom stereocenters. The number of aryl methyl sites for hydroxylation is 1. The SMILES string of the molecule is Cc1ccc(-c2nnc(SC(C)C(=O)Nc3cccc(Cl)c3)o2)cc1. The second-order valence-corrected chi connectivity index (χ2v) is 7.23. The zero-order valence-corrected chi connectivity index (χ0v) is 15.3. The van der Waals surface area contributed by atoms with Crippen molar-refractivity contribution in [1.29, 1.82) is 0 Å². The zero-order chi connectivity index (χ0) is 17.8. The number of hydrogen-bond donors (Lipinski definition) is 1. The van der Waals surface area contributed by atoms with Gasteiger partial charge in [0.2, 0.25) is 11.8 Å². The van der Waals surface area contributed by atoms with E-state index in [-0.39, 0.29) is 5.91 Å². The number of hydrogen-bond acceptors (Lipinski definition) is 5. The molecule has 7 heteroatoms. The van der Waals surface area contributed by atoms with Crippen molar-refractivity contribution in [2.24, 2.45) is 0 Å². The van der Waals surface area contributed by atoms with Crippen LogP contribution in [0.4, 0.5) is 5.69 Å². The van der Waals surface area contributed by atoms with Gasteiger partial charge < -0.3 is 9.73 Å². The molecule has 5 nitrogen and oxygen atoms in total. The summed E-state index contributed by atoms with van der Waals surface area (Å²) in [7, 11) is 0. The number of aromatic nitrogens is 2. The Balaban J connectivity index is 1.63. The third kappa shape index (κ3) is 4.61. The summed E-state index contributed by atoms with van der Waals surface area (Å²) in [6.45, 7) is 3.79. The van der Waals surface area contributed by atoms with Gasteiger partial charge in [-0.05, 0) is 44.2 Å². The zero-order valence-electron chi connectivity index (χ0n) is 13.7. The summed E-state index contributed by atoms with van der Waals surface area (Å²) >= 11 is 7.13. The molecule has 3 rings (SSSR count). The van der Waals surface area contributed by atoms with Gasteiger partial charge in [0.15, 0.2) is 0 Å². The smallest absolute Gasteiger partial charge is 0.277 e. The fourth-order valence-electron chi connectivity index (χ4n) is 2.09. The molecule has 3 aromatic rings. The van der Waals surface area contributed by atoms with E-state index in [9.17, 15) is 4.79 Å². The van der Waals surface area contributed by atoms with Crippen molar-refractivity contribution in [3.63, 3.8) is 0 Å². The predicted octanol–water partition coefficient (Wildman–Crippen LogP) is 4.82. The first-order valence-corrected chi connectivity index (χ1v) is 8.90. The standard InChI is InChI=1S/C18H16ClN3O2S/c1-11-6-8-13(9-7-11)17-21-22-18(24-17)25-12(2)16(23)20-15-5-3-4-14(19)10-15/h3-10,12H,1-2H3,(H,20,23). The first kappa shape index (κ1) is 17.5. The van der Waals surface area contributed by atoms with Gasteiger partial charge in [-0.1, -0.05) is 47.1 Å². The van der Waals surface area contributed by atoms with E-state index in [4.69, 9.17) is 16.0 Å². The van der Waals surface area contributed by atoms with Crippen LogP contribution < -0.4 is 5.32 Å². The molecule has 1 amide bonds. The Hall–Kier alpha value is -2.31. The maximum Gasteiger partial charge on any atom is 0.277 e. The number of nitrogens with zero attached hydrogens (tertiary/aromatic N) is 2.